The normalized spacial score (nSPS) is 13.1. The molecular weight excluding hydrogens is 386 g/mol. The van der Waals surface area contributed by atoms with Gasteiger partial charge in [0.25, 0.3) is 5.91 Å². The van der Waals surface area contributed by atoms with Crippen LogP contribution in [-0.2, 0) is 13.0 Å². The van der Waals surface area contributed by atoms with Crippen molar-refractivity contribution >= 4 is 11.6 Å². The molecule has 0 unspecified atom stereocenters. The van der Waals surface area contributed by atoms with Crippen molar-refractivity contribution in [3.05, 3.63) is 83.6 Å². The number of fused-ring (bicyclic) bond motifs is 1. The molecule has 0 spiro atoms. The quantitative estimate of drug-likeness (QED) is 0.517. The van der Waals surface area contributed by atoms with E-state index in [1.807, 2.05) is 73.1 Å². The molecule has 0 saturated heterocycles. The lowest BCUT2D eigenvalue weighted by atomic mass is 10.1. The first kappa shape index (κ1) is 19.3. The number of nitrogens with zero attached hydrogens (tertiary/aromatic N) is 4. The Kier molecular flexibility index (Phi) is 4.90. The summed E-state index contributed by atoms with van der Waals surface area (Å²) in [6.45, 7) is 5.04. The summed E-state index contributed by atoms with van der Waals surface area (Å²) in [5, 5.41) is 7.46. The van der Waals surface area contributed by atoms with Crippen LogP contribution in [0, 0.1) is 13.8 Å². The summed E-state index contributed by atoms with van der Waals surface area (Å²) >= 11 is 0. The summed E-state index contributed by atoms with van der Waals surface area (Å²) in [5.41, 5.74) is 6.40. The van der Waals surface area contributed by atoms with E-state index in [9.17, 15) is 4.79 Å². The minimum atomic E-state index is -0.134. The maximum Gasteiger partial charge on any atom is 0.255 e. The molecule has 156 valence electrons. The van der Waals surface area contributed by atoms with Crippen molar-refractivity contribution in [3.8, 4) is 16.9 Å². The van der Waals surface area contributed by atoms with Gasteiger partial charge in [-0.1, -0.05) is 12.1 Å². The van der Waals surface area contributed by atoms with Crippen LogP contribution in [0.2, 0.25) is 0 Å². The summed E-state index contributed by atoms with van der Waals surface area (Å²) < 4.78 is 4.13. The molecule has 6 nitrogen and oxygen atoms in total. The molecule has 2 aromatic carbocycles. The van der Waals surface area contributed by atoms with Crippen molar-refractivity contribution in [1.82, 2.24) is 19.3 Å². The molecule has 6 heteroatoms. The number of carbonyl (C=O) groups excluding carboxylic acids is 1. The highest BCUT2D eigenvalue weighted by Gasteiger charge is 2.13. The molecule has 4 aromatic rings. The Labute approximate surface area is 181 Å². The van der Waals surface area contributed by atoms with Crippen LogP contribution in [0.25, 0.3) is 16.9 Å². The van der Waals surface area contributed by atoms with Crippen LogP contribution in [-0.4, -0.2) is 25.2 Å². The third-order valence-corrected chi connectivity index (χ3v) is 5.73. The molecule has 3 heterocycles. The maximum atomic E-state index is 12.7. The van der Waals surface area contributed by atoms with E-state index >= 15 is 0 Å². The van der Waals surface area contributed by atoms with E-state index in [-0.39, 0.29) is 5.91 Å². The van der Waals surface area contributed by atoms with Gasteiger partial charge in [-0.05, 0) is 69.2 Å². The Morgan fingerprint density at radius 1 is 1.00 bits per heavy atom. The van der Waals surface area contributed by atoms with E-state index in [1.54, 1.807) is 0 Å². The van der Waals surface area contributed by atoms with E-state index < -0.39 is 0 Å². The first-order valence-corrected chi connectivity index (χ1v) is 10.7. The Morgan fingerprint density at radius 2 is 1.77 bits per heavy atom. The van der Waals surface area contributed by atoms with E-state index in [0.717, 1.165) is 47.0 Å². The highest BCUT2D eigenvalue weighted by molar-refractivity contribution is 6.04. The van der Waals surface area contributed by atoms with Gasteiger partial charge in [0.05, 0.1) is 17.1 Å². The van der Waals surface area contributed by atoms with Crippen molar-refractivity contribution in [1.29, 1.82) is 0 Å². The molecule has 1 N–H and O–H groups in total. The standard InChI is InChI=1S/C25H25N5O/c1-17-15-18(2)30(28-17)22-12-8-20(9-13-22)25(31)26-21-10-6-19(7-11-21)23-16-29-14-4-3-5-24(29)27-23/h6-13,15-16H,3-5,14H2,1-2H3,(H,26,31). The molecule has 0 saturated carbocycles. The summed E-state index contributed by atoms with van der Waals surface area (Å²) in [7, 11) is 0. The van der Waals surface area contributed by atoms with E-state index in [2.05, 4.69) is 21.2 Å². The van der Waals surface area contributed by atoms with E-state index in [0.29, 0.717) is 5.56 Å². The molecule has 0 aliphatic carbocycles. The summed E-state index contributed by atoms with van der Waals surface area (Å²) in [5.74, 6) is 1.03. The van der Waals surface area contributed by atoms with Gasteiger partial charge in [0.15, 0.2) is 0 Å². The largest absolute Gasteiger partial charge is 0.334 e. The van der Waals surface area contributed by atoms with Crippen molar-refractivity contribution in [3.63, 3.8) is 0 Å². The van der Waals surface area contributed by atoms with Crippen LogP contribution in [0.3, 0.4) is 0 Å². The van der Waals surface area contributed by atoms with Crippen molar-refractivity contribution < 1.29 is 4.79 Å². The van der Waals surface area contributed by atoms with Gasteiger partial charge in [0.2, 0.25) is 0 Å². The van der Waals surface area contributed by atoms with Gasteiger partial charge in [-0.25, -0.2) is 9.67 Å². The minimum absolute atomic E-state index is 0.134. The van der Waals surface area contributed by atoms with Gasteiger partial charge in [0.1, 0.15) is 5.82 Å². The number of anilines is 1. The lowest BCUT2D eigenvalue weighted by Crippen LogP contribution is -2.12. The Hall–Kier alpha value is -3.67. The molecule has 0 fully saturated rings. The number of nitrogens with one attached hydrogen (secondary N) is 1. The Balaban J connectivity index is 1.28. The molecule has 5 rings (SSSR count). The SMILES string of the molecule is Cc1cc(C)n(-c2ccc(C(=O)Nc3ccc(-c4cn5c(n4)CCCC5)cc3)cc2)n1. The fourth-order valence-corrected chi connectivity index (χ4v) is 4.12. The lowest BCUT2D eigenvalue weighted by molar-refractivity contribution is 0.102. The predicted octanol–water partition coefficient (Wildman–Crippen LogP) is 4.94. The zero-order valence-electron chi connectivity index (χ0n) is 17.8. The summed E-state index contributed by atoms with van der Waals surface area (Å²) in [6.07, 6.45) is 5.61. The number of hydrogen-bond donors (Lipinski definition) is 1. The average Bonchev–Trinajstić information content (AvgIpc) is 3.37. The van der Waals surface area contributed by atoms with Crippen LogP contribution in [0.4, 0.5) is 5.69 Å². The predicted molar refractivity (Wildman–Crippen MR) is 122 cm³/mol. The molecule has 0 radical (unpaired) electrons. The smallest absolute Gasteiger partial charge is 0.255 e. The third kappa shape index (κ3) is 3.89. The number of carbonyl (C=O) groups is 1. The first-order valence-electron chi connectivity index (χ1n) is 10.7. The van der Waals surface area contributed by atoms with Gasteiger partial charge < -0.3 is 9.88 Å². The van der Waals surface area contributed by atoms with Crippen LogP contribution < -0.4 is 5.32 Å². The van der Waals surface area contributed by atoms with Crippen LogP contribution in [0.15, 0.2) is 60.8 Å². The fraction of sp³-hybridized carbons (Fsp3) is 0.240. The third-order valence-electron chi connectivity index (χ3n) is 5.73. The Morgan fingerprint density at radius 3 is 2.45 bits per heavy atom. The van der Waals surface area contributed by atoms with Crippen LogP contribution in [0.1, 0.15) is 40.4 Å². The van der Waals surface area contributed by atoms with Crippen molar-refractivity contribution in [2.24, 2.45) is 0 Å². The number of benzene rings is 2. The number of rotatable bonds is 4. The first-order chi connectivity index (χ1) is 15.1. The molecule has 0 bridgehead atoms. The zero-order valence-corrected chi connectivity index (χ0v) is 17.8. The van der Waals surface area contributed by atoms with Crippen LogP contribution >= 0.6 is 0 Å². The summed E-state index contributed by atoms with van der Waals surface area (Å²) in [6, 6.07) is 17.4. The number of imidazole rings is 1. The van der Waals surface area contributed by atoms with E-state index in [4.69, 9.17) is 4.98 Å². The minimum Gasteiger partial charge on any atom is -0.334 e. The second kappa shape index (κ2) is 7.87. The molecule has 1 amide bonds. The van der Waals surface area contributed by atoms with Gasteiger partial charge >= 0.3 is 0 Å². The number of aryl methyl sites for hydroxylation is 4. The Bertz CT molecular complexity index is 1210. The zero-order chi connectivity index (χ0) is 21.4. The number of aromatic nitrogens is 4. The summed E-state index contributed by atoms with van der Waals surface area (Å²) in [4.78, 5) is 17.4. The second-order valence-electron chi connectivity index (χ2n) is 8.11. The van der Waals surface area contributed by atoms with Gasteiger partial charge in [0, 0.05) is 41.7 Å². The molecule has 31 heavy (non-hydrogen) atoms. The van der Waals surface area contributed by atoms with Gasteiger partial charge in [-0.2, -0.15) is 5.10 Å². The molecule has 1 aliphatic rings. The van der Waals surface area contributed by atoms with Crippen LogP contribution in [0.5, 0.6) is 0 Å². The second-order valence-corrected chi connectivity index (χ2v) is 8.11. The molecule has 1 aliphatic heterocycles. The highest BCUT2D eigenvalue weighted by atomic mass is 16.1. The van der Waals surface area contributed by atoms with Gasteiger partial charge in [-0.3, -0.25) is 4.79 Å². The lowest BCUT2D eigenvalue weighted by Gasteiger charge is -2.11. The number of amides is 1. The number of hydrogen-bond acceptors (Lipinski definition) is 3. The topological polar surface area (TPSA) is 64.7 Å². The molecular formula is C25H25N5O. The highest BCUT2D eigenvalue weighted by Crippen LogP contribution is 2.24. The maximum absolute atomic E-state index is 12.7. The average molecular weight is 412 g/mol. The molecule has 0 atom stereocenters. The van der Waals surface area contributed by atoms with E-state index in [1.165, 1.54) is 18.7 Å². The van der Waals surface area contributed by atoms with Gasteiger partial charge in [-0.15, -0.1) is 0 Å². The fourth-order valence-electron chi connectivity index (χ4n) is 4.12. The monoisotopic (exact) mass is 411 g/mol. The molecule has 2 aromatic heterocycles. The van der Waals surface area contributed by atoms with Crippen molar-refractivity contribution in [2.75, 3.05) is 5.32 Å². The van der Waals surface area contributed by atoms with Crippen molar-refractivity contribution in [2.45, 2.75) is 39.7 Å².